The minimum absolute atomic E-state index is 0.00633. The Balaban J connectivity index is 2.01. The quantitative estimate of drug-likeness (QED) is 0.561. The summed E-state index contributed by atoms with van der Waals surface area (Å²) in [4.78, 5) is 0. The molecule has 22 heavy (non-hydrogen) atoms. The van der Waals surface area contributed by atoms with Crippen LogP contribution in [0.2, 0.25) is 0 Å². The second-order valence-corrected chi connectivity index (χ2v) is 5.55. The average molecular weight is 306 g/mol. The number of fused-ring (bicyclic) bond motifs is 1. The average Bonchev–Trinajstić information content (AvgIpc) is 2.50. The van der Waals surface area contributed by atoms with Crippen LogP contribution in [-0.2, 0) is 4.74 Å². The van der Waals surface area contributed by atoms with Crippen LogP contribution in [0.4, 0.5) is 0 Å². The first-order valence-corrected chi connectivity index (χ1v) is 7.08. The minimum Gasteiger partial charge on any atom is -0.507 e. The van der Waals surface area contributed by atoms with Gasteiger partial charge in [-0.3, -0.25) is 0 Å². The molecule has 3 rings (SSSR count). The Morgan fingerprint density at radius 1 is 1.05 bits per heavy atom. The van der Waals surface area contributed by atoms with Gasteiger partial charge in [-0.25, -0.2) is 0 Å². The fourth-order valence-electron chi connectivity index (χ4n) is 2.88. The molecule has 2 aromatic rings. The van der Waals surface area contributed by atoms with Gasteiger partial charge in [-0.05, 0) is 23.8 Å². The van der Waals surface area contributed by atoms with E-state index < -0.39 is 31.0 Å². The molecule has 2 aromatic carbocycles. The van der Waals surface area contributed by atoms with E-state index in [4.69, 9.17) is 4.74 Å². The number of phenolic OH excluding ortho intramolecular Hbond substituents is 2. The number of phenols is 2. The summed E-state index contributed by atoms with van der Waals surface area (Å²) in [5.41, 5.74) is 0.566. The monoisotopic (exact) mass is 306 g/mol. The van der Waals surface area contributed by atoms with E-state index in [0.717, 1.165) is 0 Å². The first kappa shape index (κ1) is 15.1. The van der Waals surface area contributed by atoms with E-state index in [1.54, 1.807) is 18.2 Å². The maximum atomic E-state index is 10.1. The van der Waals surface area contributed by atoms with Crippen LogP contribution in [-0.4, -0.2) is 50.5 Å². The van der Waals surface area contributed by atoms with Crippen LogP contribution in [0.3, 0.4) is 0 Å². The molecule has 1 aliphatic rings. The zero-order valence-corrected chi connectivity index (χ0v) is 11.8. The molecule has 4 atom stereocenters. The number of hydrogen-bond donors (Lipinski definition) is 5. The largest absolute Gasteiger partial charge is 0.507 e. The molecule has 1 fully saturated rings. The Labute approximate surface area is 126 Å². The van der Waals surface area contributed by atoms with Gasteiger partial charge in [0.05, 0.1) is 18.8 Å². The Kier molecular flexibility index (Phi) is 3.92. The topological polar surface area (TPSA) is 110 Å². The normalized spacial score (nSPS) is 28.9. The zero-order valence-electron chi connectivity index (χ0n) is 11.8. The third-order valence-electron chi connectivity index (χ3n) is 4.09. The fraction of sp³-hybridized carbons (Fsp3) is 0.375. The van der Waals surface area contributed by atoms with E-state index in [1.807, 2.05) is 0 Å². The molecule has 0 spiro atoms. The lowest BCUT2D eigenvalue weighted by Crippen LogP contribution is -2.47. The summed E-state index contributed by atoms with van der Waals surface area (Å²) in [7, 11) is 0. The molecule has 0 aromatic heterocycles. The van der Waals surface area contributed by atoms with Crippen molar-refractivity contribution in [2.24, 2.45) is 0 Å². The van der Waals surface area contributed by atoms with Crippen molar-refractivity contribution < 1.29 is 30.3 Å². The van der Waals surface area contributed by atoms with E-state index in [2.05, 4.69) is 0 Å². The highest BCUT2D eigenvalue weighted by Gasteiger charge is 2.37. The number of benzene rings is 2. The summed E-state index contributed by atoms with van der Waals surface area (Å²) in [6.45, 7) is -0.417. The highest BCUT2D eigenvalue weighted by atomic mass is 16.5. The predicted molar refractivity (Wildman–Crippen MR) is 78.6 cm³/mol. The third kappa shape index (κ3) is 2.50. The number of rotatable bonds is 2. The molecule has 6 nitrogen and oxygen atoms in total. The van der Waals surface area contributed by atoms with Gasteiger partial charge in [0.15, 0.2) is 0 Å². The lowest BCUT2D eigenvalue weighted by atomic mass is 9.92. The molecular formula is C16H18O6. The molecule has 0 radical (unpaired) electrons. The van der Waals surface area contributed by atoms with E-state index in [-0.39, 0.29) is 17.9 Å². The maximum absolute atomic E-state index is 10.1. The van der Waals surface area contributed by atoms with Gasteiger partial charge in [0, 0.05) is 17.2 Å². The maximum Gasteiger partial charge on any atom is 0.123 e. The first-order chi connectivity index (χ1) is 10.5. The van der Waals surface area contributed by atoms with Gasteiger partial charge in [0.2, 0.25) is 0 Å². The van der Waals surface area contributed by atoms with Crippen LogP contribution in [0.25, 0.3) is 10.8 Å². The lowest BCUT2D eigenvalue weighted by molar-refractivity contribution is -0.181. The molecule has 0 unspecified atom stereocenters. The van der Waals surface area contributed by atoms with Gasteiger partial charge in [-0.15, -0.1) is 0 Å². The summed E-state index contributed by atoms with van der Waals surface area (Å²) < 4.78 is 5.60. The molecule has 118 valence electrons. The molecule has 1 aliphatic heterocycles. The molecule has 0 saturated carbocycles. The van der Waals surface area contributed by atoms with Crippen LogP contribution in [0.15, 0.2) is 30.3 Å². The number of aromatic hydroxyl groups is 2. The number of aliphatic hydroxyl groups excluding tert-OH is 3. The van der Waals surface area contributed by atoms with Gasteiger partial charge >= 0.3 is 0 Å². The molecule has 6 heteroatoms. The van der Waals surface area contributed by atoms with Crippen molar-refractivity contribution in [3.05, 3.63) is 35.9 Å². The molecule has 5 N–H and O–H groups in total. The van der Waals surface area contributed by atoms with Gasteiger partial charge < -0.3 is 30.3 Å². The van der Waals surface area contributed by atoms with Gasteiger partial charge in [-0.1, -0.05) is 12.1 Å². The van der Waals surface area contributed by atoms with Crippen molar-refractivity contribution in [3.8, 4) is 11.5 Å². The highest BCUT2D eigenvalue weighted by molar-refractivity contribution is 5.93. The highest BCUT2D eigenvalue weighted by Crippen LogP contribution is 2.38. The minimum atomic E-state index is -1.15. The van der Waals surface area contributed by atoms with E-state index in [0.29, 0.717) is 16.3 Å². The number of hydrogen-bond acceptors (Lipinski definition) is 6. The van der Waals surface area contributed by atoms with Crippen LogP contribution in [0.1, 0.15) is 18.1 Å². The Morgan fingerprint density at radius 2 is 1.82 bits per heavy atom. The predicted octanol–water partition coefficient (Wildman–Crippen LogP) is 0.795. The van der Waals surface area contributed by atoms with Gasteiger partial charge in [0.25, 0.3) is 0 Å². The van der Waals surface area contributed by atoms with E-state index in [9.17, 15) is 25.5 Å². The second kappa shape index (κ2) is 5.73. The van der Waals surface area contributed by atoms with Crippen molar-refractivity contribution in [2.45, 2.75) is 30.8 Å². The molecule has 1 saturated heterocycles. The van der Waals surface area contributed by atoms with E-state index >= 15 is 0 Å². The standard InChI is InChI=1S/C16H18O6/c17-7-15-16(21)13(20)6-14(22-15)8-4-10-9(12(19)5-8)2-1-3-11(10)18/h1-5,13-21H,6-7H2/t13-,14-,15-,16+/m1/s1. The molecular weight excluding hydrogens is 288 g/mol. The number of aliphatic hydroxyl groups is 3. The Bertz CT molecular complexity index is 686. The molecule has 1 heterocycles. The molecule has 0 aliphatic carbocycles. The Hall–Kier alpha value is -1.86. The second-order valence-electron chi connectivity index (χ2n) is 5.55. The van der Waals surface area contributed by atoms with Crippen LogP contribution in [0, 0.1) is 0 Å². The molecule has 0 bridgehead atoms. The van der Waals surface area contributed by atoms with Crippen LogP contribution in [0.5, 0.6) is 11.5 Å². The lowest BCUT2D eigenvalue weighted by Gasteiger charge is -2.36. The first-order valence-electron chi connectivity index (χ1n) is 7.08. The van der Waals surface area contributed by atoms with Crippen molar-refractivity contribution in [3.63, 3.8) is 0 Å². The summed E-state index contributed by atoms with van der Waals surface area (Å²) >= 11 is 0. The van der Waals surface area contributed by atoms with Gasteiger partial charge in [0.1, 0.15) is 23.7 Å². The van der Waals surface area contributed by atoms with Gasteiger partial charge in [-0.2, -0.15) is 0 Å². The smallest absolute Gasteiger partial charge is 0.123 e. The van der Waals surface area contributed by atoms with Crippen LogP contribution < -0.4 is 0 Å². The van der Waals surface area contributed by atoms with Crippen molar-refractivity contribution in [1.82, 2.24) is 0 Å². The third-order valence-corrected chi connectivity index (χ3v) is 4.09. The summed E-state index contributed by atoms with van der Waals surface area (Å²) in [6.07, 6.45) is -3.53. The summed E-state index contributed by atoms with van der Waals surface area (Å²) in [5.74, 6) is 0.0258. The fourth-order valence-corrected chi connectivity index (χ4v) is 2.88. The summed E-state index contributed by atoms with van der Waals surface area (Å²) in [6, 6.07) is 8.02. The van der Waals surface area contributed by atoms with E-state index in [1.165, 1.54) is 12.1 Å². The van der Waals surface area contributed by atoms with Crippen LogP contribution >= 0.6 is 0 Å². The zero-order chi connectivity index (χ0) is 15.9. The van der Waals surface area contributed by atoms with Crippen molar-refractivity contribution in [1.29, 1.82) is 0 Å². The number of ether oxygens (including phenoxy) is 1. The Morgan fingerprint density at radius 3 is 2.55 bits per heavy atom. The van der Waals surface area contributed by atoms with Crippen molar-refractivity contribution >= 4 is 10.8 Å². The summed E-state index contributed by atoms with van der Waals surface area (Å²) in [5, 5.41) is 49.9. The molecule has 0 amide bonds. The SMILES string of the molecule is OC[C@H]1O[C@@H](c2cc(O)c3cccc(O)c3c2)C[C@@H](O)[C@@H]1O. The van der Waals surface area contributed by atoms with Crippen molar-refractivity contribution in [2.75, 3.05) is 6.61 Å².